The van der Waals surface area contributed by atoms with Gasteiger partial charge in [-0.3, -0.25) is 14.6 Å². The topological polar surface area (TPSA) is 115 Å². The van der Waals surface area contributed by atoms with E-state index in [9.17, 15) is 19.5 Å². The average molecular weight is 255 g/mol. The Morgan fingerprint density at radius 1 is 1.39 bits per heavy atom. The summed E-state index contributed by atoms with van der Waals surface area (Å²) in [5.74, 6) is -0.280. The Kier molecular flexibility index (Phi) is 4.85. The van der Waals surface area contributed by atoms with Gasteiger partial charge in [-0.1, -0.05) is 13.8 Å². The van der Waals surface area contributed by atoms with Crippen molar-refractivity contribution >= 4 is 5.91 Å². The zero-order valence-corrected chi connectivity index (χ0v) is 10.3. The normalized spacial score (nSPS) is 12.4. The lowest BCUT2D eigenvalue weighted by atomic mass is 10.1. The maximum absolute atomic E-state index is 11.6. The quantitative estimate of drug-likeness (QED) is 0.551. The molecule has 0 aromatic carbocycles. The van der Waals surface area contributed by atoms with Crippen molar-refractivity contribution < 1.29 is 9.90 Å². The van der Waals surface area contributed by atoms with E-state index in [0.717, 1.165) is 6.07 Å². The highest BCUT2D eigenvalue weighted by Crippen LogP contribution is 2.03. The Labute approximate surface area is 103 Å². The number of aliphatic hydroxyl groups excluding tert-OH is 1. The van der Waals surface area contributed by atoms with Crippen LogP contribution in [-0.4, -0.2) is 33.6 Å². The molecule has 1 amide bonds. The van der Waals surface area contributed by atoms with Gasteiger partial charge in [-0.25, -0.2) is 4.79 Å². The second-order valence-corrected chi connectivity index (χ2v) is 4.49. The first-order valence-corrected chi connectivity index (χ1v) is 5.68. The van der Waals surface area contributed by atoms with E-state index in [1.807, 2.05) is 18.8 Å². The van der Waals surface area contributed by atoms with Crippen LogP contribution in [0.15, 0.2) is 15.7 Å². The molecule has 7 nitrogen and oxygen atoms in total. The third-order valence-electron chi connectivity index (χ3n) is 2.25. The van der Waals surface area contributed by atoms with E-state index < -0.39 is 23.3 Å². The minimum absolute atomic E-state index is 0.0752. The van der Waals surface area contributed by atoms with Crippen molar-refractivity contribution in [3.05, 3.63) is 32.6 Å². The first-order chi connectivity index (χ1) is 8.38. The Morgan fingerprint density at radius 2 is 2.06 bits per heavy atom. The molecule has 18 heavy (non-hydrogen) atoms. The van der Waals surface area contributed by atoms with Crippen LogP contribution in [0, 0.1) is 5.92 Å². The van der Waals surface area contributed by atoms with E-state index in [0.29, 0.717) is 12.3 Å². The van der Waals surface area contributed by atoms with Gasteiger partial charge in [0.05, 0.1) is 6.10 Å². The molecule has 0 bridgehead atoms. The molecule has 0 fully saturated rings. The van der Waals surface area contributed by atoms with Crippen molar-refractivity contribution in [2.75, 3.05) is 6.54 Å². The molecule has 7 heteroatoms. The molecule has 1 aromatic heterocycles. The smallest absolute Gasteiger partial charge is 0.326 e. The number of hydrogen-bond acceptors (Lipinski definition) is 4. The molecule has 0 aliphatic carbocycles. The van der Waals surface area contributed by atoms with Gasteiger partial charge in [-0.15, -0.1) is 0 Å². The van der Waals surface area contributed by atoms with Crippen LogP contribution in [-0.2, 0) is 0 Å². The molecule has 100 valence electrons. The van der Waals surface area contributed by atoms with Crippen LogP contribution < -0.4 is 16.6 Å². The molecule has 0 saturated carbocycles. The van der Waals surface area contributed by atoms with Gasteiger partial charge in [-0.05, 0) is 12.3 Å². The minimum atomic E-state index is -0.740. The highest BCUT2D eigenvalue weighted by Gasteiger charge is 2.11. The summed E-state index contributed by atoms with van der Waals surface area (Å²) < 4.78 is 0. The number of amides is 1. The number of carbonyl (C=O) groups excluding carboxylic acids is 1. The van der Waals surface area contributed by atoms with Crippen molar-refractivity contribution in [3.63, 3.8) is 0 Å². The van der Waals surface area contributed by atoms with Gasteiger partial charge in [0, 0.05) is 12.6 Å². The average Bonchev–Trinajstić information content (AvgIpc) is 2.23. The number of aromatic nitrogens is 2. The molecule has 0 saturated heterocycles. The number of H-pyrrole nitrogens is 2. The van der Waals surface area contributed by atoms with Crippen LogP contribution in [0.1, 0.15) is 30.8 Å². The van der Waals surface area contributed by atoms with Crippen LogP contribution in [0.5, 0.6) is 0 Å². The molecule has 0 aliphatic rings. The summed E-state index contributed by atoms with van der Waals surface area (Å²) in [7, 11) is 0. The summed E-state index contributed by atoms with van der Waals surface area (Å²) in [6.07, 6.45) is -0.0886. The van der Waals surface area contributed by atoms with Gasteiger partial charge in [0.1, 0.15) is 5.69 Å². The first kappa shape index (κ1) is 14.2. The summed E-state index contributed by atoms with van der Waals surface area (Å²) in [4.78, 5) is 37.7. The van der Waals surface area contributed by atoms with Crippen molar-refractivity contribution in [2.45, 2.75) is 26.4 Å². The van der Waals surface area contributed by atoms with Gasteiger partial charge in [0.25, 0.3) is 11.5 Å². The van der Waals surface area contributed by atoms with Crippen molar-refractivity contribution in [1.82, 2.24) is 15.3 Å². The lowest BCUT2D eigenvalue weighted by Gasteiger charge is -2.13. The lowest BCUT2D eigenvalue weighted by molar-refractivity contribution is 0.0895. The summed E-state index contributed by atoms with van der Waals surface area (Å²) in [6, 6.07) is 0.992. The highest BCUT2D eigenvalue weighted by atomic mass is 16.3. The van der Waals surface area contributed by atoms with E-state index in [-0.39, 0.29) is 12.2 Å². The standard InChI is InChI=1S/C11H17N3O4/c1-6(2)3-7(15)5-12-10(17)8-4-9(16)14-11(18)13-8/h4,6-7,15H,3,5H2,1-2H3,(H,12,17)(H2,13,14,16,18). The Hall–Kier alpha value is -1.89. The van der Waals surface area contributed by atoms with E-state index in [2.05, 4.69) is 10.3 Å². The number of nitrogens with one attached hydrogen (secondary N) is 3. The molecule has 1 aromatic rings. The predicted octanol–water partition coefficient (Wildman–Crippen LogP) is -0.800. The monoisotopic (exact) mass is 255 g/mol. The second kappa shape index (κ2) is 6.15. The van der Waals surface area contributed by atoms with Crippen LogP contribution in [0.2, 0.25) is 0 Å². The SMILES string of the molecule is CC(C)CC(O)CNC(=O)c1cc(=O)[nH]c(=O)[nH]1. The Morgan fingerprint density at radius 3 is 2.61 bits per heavy atom. The largest absolute Gasteiger partial charge is 0.391 e. The van der Waals surface area contributed by atoms with E-state index >= 15 is 0 Å². The van der Waals surface area contributed by atoms with E-state index in [4.69, 9.17) is 0 Å². The molecule has 1 unspecified atom stereocenters. The molecule has 1 atom stereocenters. The highest BCUT2D eigenvalue weighted by molar-refractivity contribution is 5.92. The number of aliphatic hydroxyl groups is 1. The number of rotatable bonds is 5. The zero-order chi connectivity index (χ0) is 13.7. The fourth-order valence-electron chi connectivity index (χ4n) is 1.52. The fourth-order valence-corrected chi connectivity index (χ4v) is 1.52. The zero-order valence-electron chi connectivity index (χ0n) is 10.3. The van der Waals surface area contributed by atoms with Crippen LogP contribution >= 0.6 is 0 Å². The van der Waals surface area contributed by atoms with Gasteiger partial charge < -0.3 is 15.4 Å². The van der Waals surface area contributed by atoms with Gasteiger partial charge >= 0.3 is 5.69 Å². The molecule has 4 N–H and O–H groups in total. The number of aromatic amines is 2. The van der Waals surface area contributed by atoms with Crippen LogP contribution in [0.3, 0.4) is 0 Å². The van der Waals surface area contributed by atoms with Gasteiger partial charge in [-0.2, -0.15) is 0 Å². The van der Waals surface area contributed by atoms with Crippen molar-refractivity contribution in [3.8, 4) is 0 Å². The van der Waals surface area contributed by atoms with E-state index in [1.165, 1.54) is 0 Å². The molecule has 0 radical (unpaired) electrons. The molecule has 1 heterocycles. The van der Waals surface area contributed by atoms with Gasteiger partial charge in [0.2, 0.25) is 0 Å². The number of carbonyl (C=O) groups is 1. The third-order valence-corrected chi connectivity index (χ3v) is 2.25. The molecular weight excluding hydrogens is 238 g/mol. The predicted molar refractivity (Wildman–Crippen MR) is 65.5 cm³/mol. The molecule has 0 spiro atoms. The molecule has 1 rings (SSSR count). The second-order valence-electron chi connectivity index (χ2n) is 4.49. The maximum Gasteiger partial charge on any atom is 0.326 e. The summed E-state index contributed by atoms with van der Waals surface area (Å²) in [5, 5.41) is 12.0. The Balaban J connectivity index is 2.60. The third kappa shape index (κ3) is 4.54. The van der Waals surface area contributed by atoms with Crippen molar-refractivity contribution in [1.29, 1.82) is 0 Å². The fraction of sp³-hybridized carbons (Fsp3) is 0.545. The minimum Gasteiger partial charge on any atom is -0.391 e. The maximum atomic E-state index is 11.6. The summed E-state index contributed by atoms with van der Waals surface area (Å²) >= 11 is 0. The van der Waals surface area contributed by atoms with Crippen LogP contribution in [0.25, 0.3) is 0 Å². The Bertz CT molecular complexity index is 489. The van der Waals surface area contributed by atoms with Crippen LogP contribution in [0.4, 0.5) is 0 Å². The first-order valence-electron chi connectivity index (χ1n) is 5.68. The van der Waals surface area contributed by atoms with Gasteiger partial charge in [0.15, 0.2) is 0 Å². The summed E-state index contributed by atoms with van der Waals surface area (Å²) in [6.45, 7) is 3.99. The lowest BCUT2D eigenvalue weighted by Crippen LogP contribution is -2.35. The molecule has 0 aliphatic heterocycles. The summed E-state index contributed by atoms with van der Waals surface area (Å²) in [5.41, 5.74) is -1.51. The van der Waals surface area contributed by atoms with Crippen molar-refractivity contribution in [2.24, 2.45) is 5.92 Å². The van der Waals surface area contributed by atoms with E-state index in [1.54, 1.807) is 0 Å². The number of hydrogen-bond donors (Lipinski definition) is 4. The molecular formula is C11H17N3O4.